The zero-order valence-electron chi connectivity index (χ0n) is 14.5. The normalized spacial score (nSPS) is 16.0. The van der Waals surface area contributed by atoms with Crippen LogP contribution >= 0.6 is 22.9 Å². The van der Waals surface area contributed by atoms with Crippen molar-refractivity contribution in [1.82, 2.24) is 9.88 Å². The summed E-state index contributed by atoms with van der Waals surface area (Å²) in [5, 5.41) is 11.4. The number of carbonyl (C=O) groups is 1. The molecule has 1 amide bonds. The number of thiazole rings is 1. The monoisotopic (exact) mass is 396 g/mol. The zero-order chi connectivity index (χ0) is 18.9. The van der Waals surface area contributed by atoms with Crippen molar-refractivity contribution in [1.29, 1.82) is 0 Å². The van der Waals surface area contributed by atoms with Crippen LogP contribution in [0.1, 0.15) is 28.8 Å². The third-order valence-corrected chi connectivity index (χ3v) is 5.75. The van der Waals surface area contributed by atoms with Gasteiger partial charge in [-0.1, -0.05) is 29.5 Å². The first-order valence-corrected chi connectivity index (χ1v) is 9.92. The molecule has 1 N–H and O–H groups in total. The molecule has 4 rings (SSSR count). The number of hydrogen-bond donors (Lipinski definition) is 1. The van der Waals surface area contributed by atoms with Gasteiger partial charge in [0.05, 0.1) is 15.7 Å². The first kappa shape index (κ1) is 18.0. The van der Waals surface area contributed by atoms with E-state index in [4.69, 9.17) is 11.6 Å². The van der Waals surface area contributed by atoms with E-state index in [0.717, 1.165) is 15.8 Å². The van der Waals surface area contributed by atoms with Gasteiger partial charge in [-0.15, -0.1) is 11.3 Å². The number of nitrogens with zero attached hydrogens (tertiary/aromatic N) is 2. The van der Waals surface area contributed by atoms with Gasteiger partial charge < -0.3 is 10.0 Å². The highest BCUT2D eigenvalue weighted by atomic mass is 35.5. The summed E-state index contributed by atoms with van der Waals surface area (Å²) in [6.45, 7) is 0.945. The molecule has 1 aliphatic rings. The number of piperidine rings is 1. The molecular weight excluding hydrogens is 380 g/mol. The van der Waals surface area contributed by atoms with Crippen LogP contribution in [0.5, 0.6) is 0 Å². The van der Waals surface area contributed by atoms with Crippen molar-refractivity contribution in [2.45, 2.75) is 18.4 Å². The number of amides is 1. The predicted molar refractivity (Wildman–Crippen MR) is 108 cm³/mol. The Morgan fingerprint density at radius 2 is 2.04 bits per heavy atom. The molecule has 2 aromatic carbocycles. The molecule has 1 fully saturated rings. The number of carbonyl (C=O) groups excluding carboxylic acids is 1. The van der Waals surface area contributed by atoms with Gasteiger partial charge in [0.15, 0.2) is 0 Å². The summed E-state index contributed by atoms with van der Waals surface area (Å²) in [4.78, 5) is 18.8. The van der Waals surface area contributed by atoms with E-state index < -0.39 is 5.60 Å². The molecule has 3 aromatic rings. The van der Waals surface area contributed by atoms with Crippen LogP contribution in [0.4, 0.5) is 0 Å². The Labute approximate surface area is 166 Å². The molecule has 1 saturated heterocycles. The Morgan fingerprint density at radius 3 is 2.81 bits per heavy atom. The molecule has 0 radical (unpaired) electrons. The zero-order valence-corrected chi connectivity index (χ0v) is 16.1. The number of likely N-dealkylation sites (tertiary alicyclic amines) is 1. The fraction of sp³-hybridized carbons (Fsp3) is 0.238. The van der Waals surface area contributed by atoms with Crippen LogP contribution < -0.4 is 0 Å². The van der Waals surface area contributed by atoms with Gasteiger partial charge in [0, 0.05) is 42.1 Å². The number of benzene rings is 2. The lowest BCUT2D eigenvalue weighted by molar-refractivity contribution is 0.0249. The summed E-state index contributed by atoms with van der Waals surface area (Å²) in [7, 11) is 0. The van der Waals surface area contributed by atoms with E-state index in [9.17, 15) is 9.90 Å². The Kier molecular flexibility index (Phi) is 4.88. The van der Waals surface area contributed by atoms with Crippen LogP contribution in [0, 0.1) is 11.8 Å². The van der Waals surface area contributed by atoms with Crippen LogP contribution in [0.15, 0.2) is 48.0 Å². The minimum atomic E-state index is -1.08. The molecule has 1 aliphatic heterocycles. The van der Waals surface area contributed by atoms with Crippen LogP contribution in [-0.4, -0.2) is 39.6 Å². The largest absolute Gasteiger partial charge is 0.377 e. The Morgan fingerprint density at radius 1 is 1.22 bits per heavy atom. The summed E-state index contributed by atoms with van der Waals surface area (Å²) < 4.78 is 1.00. The summed E-state index contributed by atoms with van der Waals surface area (Å²) in [6, 6.07) is 12.8. The van der Waals surface area contributed by atoms with Crippen molar-refractivity contribution in [3.8, 4) is 11.8 Å². The van der Waals surface area contributed by atoms with Crippen LogP contribution in [0.3, 0.4) is 0 Å². The fourth-order valence-electron chi connectivity index (χ4n) is 3.13. The Bertz CT molecular complexity index is 1060. The maximum atomic E-state index is 12.8. The van der Waals surface area contributed by atoms with Crippen molar-refractivity contribution < 1.29 is 9.90 Å². The van der Waals surface area contributed by atoms with Crippen molar-refractivity contribution in [2.24, 2.45) is 0 Å². The molecule has 136 valence electrons. The molecule has 4 nitrogen and oxygen atoms in total. The topological polar surface area (TPSA) is 53.4 Å². The quantitative estimate of drug-likeness (QED) is 0.633. The molecule has 0 saturated carbocycles. The molecule has 0 unspecified atom stereocenters. The lowest BCUT2D eigenvalue weighted by Crippen LogP contribution is -2.46. The molecule has 0 atom stereocenters. The number of halogens is 1. The van der Waals surface area contributed by atoms with Crippen LogP contribution in [0.2, 0.25) is 5.02 Å². The van der Waals surface area contributed by atoms with Crippen molar-refractivity contribution in [3.05, 3.63) is 64.1 Å². The van der Waals surface area contributed by atoms with Gasteiger partial charge >= 0.3 is 0 Å². The minimum Gasteiger partial charge on any atom is -0.377 e. The molecule has 27 heavy (non-hydrogen) atoms. The maximum Gasteiger partial charge on any atom is 0.253 e. The summed E-state index contributed by atoms with van der Waals surface area (Å²) in [6.07, 6.45) is 0.851. The van der Waals surface area contributed by atoms with Gasteiger partial charge in [-0.25, -0.2) is 4.98 Å². The van der Waals surface area contributed by atoms with Crippen LogP contribution in [0.25, 0.3) is 10.2 Å². The fourth-order valence-corrected chi connectivity index (χ4v) is 4.04. The van der Waals surface area contributed by atoms with Crippen molar-refractivity contribution >= 4 is 39.1 Å². The van der Waals surface area contributed by atoms with E-state index in [0.29, 0.717) is 36.5 Å². The summed E-state index contributed by atoms with van der Waals surface area (Å²) in [5.41, 5.74) is 3.02. The van der Waals surface area contributed by atoms with Gasteiger partial charge in [0.2, 0.25) is 0 Å². The van der Waals surface area contributed by atoms with Crippen molar-refractivity contribution in [3.63, 3.8) is 0 Å². The molecular formula is C21H17ClN2O2S. The average Bonchev–Trinajstić information content (AvgIpc) is 3.14. The van der Waals surface area contributed by atoms with Gasteiger partial charge in [0.1, 0.15) is 5.60 Å². The molecule has 1 aromatic heterocycles. The summed E-state index contributed by atoms with van der Waals surface area (Å²) >= 11 is 7.49. The van der Waals surface area contributed by atoms with Gasteiger partial charge in [0.25, 0.3) is 5.91 Å². The van der Waals surface area contributed by atoms with Crippen molar-refractivity contribution in [2.75, 3.05) is 13.1 Å². The van der Waals surface area contributed by atoms with E-state index in [2.05, 4.69) is 16.8 Å². The highest BCUT2D eigenvalue weighted by Gasteiger charge is 2.32. The molecule has 0 aliphatic carbocycles. The lowest BCUT2D eigenvalue weighted by atomic mass is 9.91. The molecule has 0 bridgehead atoms. The predicted octanol–water partition coefficient (Wildman–Crippen LogP) is 3.97. The SMILES string of the molecule is O=C(c1ccc2ncsc2c1)N1CCC(O)(C#Cc2cccc(Cl)c2)CC1. The van der Waals surface area contributed by atoms with E-state index in [1.165, 1.54) is 11.3 Å². The minimum absolute atomic E-state index is 0.0184. The van der Waals surface area contributed by atoms with E-state index >= 15 is 0 Å². The number of fused-ring (bicyclic) bond motifs is 1. The second kappa shape index (κ2) is 7.32. The number of aliphatic hydroxyl groups is 1. The Balaban J connectivity index is 1.44. The highest BCUT2D eigenvalue weighted by Crippen LogP contribution is 2.25. The smallest absolute Gasteiger partial charge is 0.253 e. The lowest BCUT2D eigenvalue weighted by Gasteiger charge is -2.35. The van der Waals surface area contributed by atoms with Gasteiger partial charge in [-0.05, 0) is 36.4 Å². The number of hydrogen-bond acceptors (Lipinski definition) is 4. The third-order valence-electron chi connectivity index (χ3n) is 4.72. The average molecular weight is 397 g/mol. The summed E-state index contributed by atoms with van der Waals surface area (Å²) in [5.74, 6) is 5.94. The van der Waals surface area contributed by atoms with Crippen LogP contribution in [-0.2, 0) is 0 Å². The standard InChI is InChI=1S/C21H17ClN2O2S/c22-17-3-1-2-15(12-17)6-7-21(26)8-10-24(11-9-21)20(25)16-4-5-18-19(13-16)27-14-23-18/h1-5,12-14,26H,8-11H2. The van der Waals surface area contributed by atoms with Gasteiger partial charge in [-0.3, -0.25) is 4.79 Å². The van der Waals surface area contributed by atoms with E-state index in [1.54, 1.807) is 22.5 Å². The number of rotatable bonds is 1. The first-order chi connectivity index (χ1) is 13.0. The highest BCUT2D eigenvalue weighted by molar-refractivity contribution is 7.16. The third kappa shape index (κ3) is 3.98. The number of aromatic nitrogens is 1. The second-order valence-corrected chi connectivity index (χ2v) is 7.94. The maximum absolute atomic E-state index is 12.8. The first-order valence-electron chi connectivity index (χ1n) is 8.66. The molecule has 6 heteroatoms. The van der Waals surface area contributed by atoms with Gasteiger partial charge in [-0.2, -0.15) is 0 Å². The second-order valence-electron chi connectivity index (χ2n) is 6.62. The van der Waals surface area contributed by atoms with E-state index in [-0.39, 0.29) is 5.91 Å². The van der Waals surface area contributed by atoms with E-state index in [1.807, 2.05) is 30.3 Å². The molecule has 2 heterocycles. The molecule has 0 spiro atoms. The Hall–Kier alpha value is -2.39.